The zero-order valence-electron chi connectivity index (χ0n) is 10.4. The van der Waals surface area contributed by atoms with Crippen LogP contribution in [0.2, 0.25) is 0 Å². The first kappa shape index (κ1) is 13.0. The zero-order chi connectivity index (χ0) is 12.1. The van der Waals surface area contributed by atoms with E-state index in [4.69, 9.17) is 5.26 Å². The van der Waals surface area contributed by atoms with E-state index in [0.29, 0.717) is 13.0 Å². The van der Waals surface area contributed by atoms with Crippen molar-refractivity contribution in [2.45, 2.75) is 33.2 Å². The summed E-state index contributed by atoms with van der Waals surface area (Å²) in [6, 6.07) is 2.40. The van der Waals surface area contributed by atoms with Crippen molar-refractivity contribution in [2.75, 3.05) is 26.2 Å². The fourth-order valence-electron chi connectivity index (χ4n) is 2.20. The van der Waals surface area contributed by atoms with Crippen LogP contribution in [-0.2, 0) is 4.79 Å². The third kappa shape index (κ3) is 2.96. The van der Waals surface area contributed by atoms with Crippen molar-refractivity contribution in [3.63, 3.8) is 0 Å². The number of rotatable bonds is 5. The van der Waals surface area contributed by atoms with Crippen molar-refractivity contribution in [2.24, 2.45) is 5.92 Å². The lowest BCUT2D eigenvalue weighted by Gasteiger charge is -2.29. The Morgan fingerprint density at radius 1 is 1.56 bits per heavy atom. The van der Waals surface area contributed by atoms with Gasteiger partial charge < -0.3 is 9.80 Å². The van der Waals surface area contributed by atoms with Crippen molar-refractivity contribution < 1.29 is 4.79 Å². The molecular formula is C12H21N3O. The van der Waals surface area contributed by atoms with Gasteiger partial charge in [-0.25, -0.2) is 0 Å². The summed E-state index contributed by atoms with van der Waals surface area (Å²) in [7, 11) is 0. The van der Waals surface area contributed by atoms with Gasteiger partial charge in [0.25, 0.3) is 0 Å². The summed E-state index contributed by atoms with van der Waals surface area (Å²) in [6.07, 6.45) is 0.402. The normalized spacial score (nSPS) is 22.6. The summed E-state index contributed by atoms with van der Waals surface area (Å²) < 4.78 is 0. The van der Waals surface area contributed by atoms with Gasteiger partial charge >= 0.3 is 0 Å². The molecule has 0 radical (unpaired) electrons. The van der Waals surface area contributed by atoms with Gasteiger partial charge in [0, 0.05) is 25.6 Å². The summed E-state index contributed by atoms with van der Waals surface area (Å²) in [5.74, 6) is 0.0258. The quantitative estimate of drug-likeness (QED) is 0.701. The predicted octanol–water partition coefficient (Wildman–Crippen LogP) is 1.09. The van der Waals surface area contributed by atoms with Gasteiger partial charge in [-0.05, 0) is 20.0 Å². The molecule has 1 rings (SSSR count). The van der Waals surface area contributed by atoms with Gasteiger partial charge in [0.2, 0.25) is 5.91 Å². The number of carbonyl (C=O) groups excluding carboxylic acids is 1. The summed E-state index contributed by atoms with van der Waals surface area (Å²) in [5.41, 5.74) is 0. The van der Waals surface area contributed by atoms with E-state index in [9.17, 15) is 4.79 Å². The average Bonchev–Trinajstić information content (AvgIpc) is 2.67. The van der Waals surface area contributed by atoms with Gasteiger partial charge in [0.05, 0.1) is 12.0 Å². The van der Waals surface area contributed by atoms with E-state index in [1.165, 1.54) is 0 Å². The van der Waals surface area contributed by atoms with Crippen molar-refractivity contribution >= 4 is 5.91 Å². The minimum Gasteiger partial charge on any atom is -0.337 e. The molecule has 1 aliphatic heterocycles. The molecule has 0 aromatic rings. The van der Waals surface area contributed by atoms with Crippen LogP contribution in [-0.4, -0.2) is 47.9 Å². The van der Waals surface area contributed by atoms with Gasteiger partial charge in [0.15, 0.2) is 0 Å². The van der Waals surface area contributed by atoms with Crippen LogP contribution in [0.5, 0.6) is 0 Å². The van der Waals surface area contributed by atoms with Crippen LogP contribution in [0.1, 0.15) is 27.2 Å². The zero-order valence-corrected chi connectivity index (χ0v) is 10.4. The van der Waals surface area contributed by atoms with Crippen LogP contribution >= 0.6 is 0 Å². The first-order valence-electron chi connectivity index (χ1n) is 6.03. The molecule has 2 atom stereocenters. The van der Waals surface area contributed by atoms with Gasteiger partial charge in [-0.2, -0.15) is 5.26 Å². The summed E-state index contributed by atoms with van der Waals surface area (Å²) in [5, 5.41) is 8.82. The number of nitrogens with zero attached hydrogens (tertiary/aromatic N) is 3. The summed E-state index contributed by atoms with van der Waals surface area (Å²) >= 11 is 0. The lowest BCUT2D eigenvalue weighted by Crippen LogP contribution is -2.43. The van der Waals surface area contributed by atoms with Gasteiger partial charge in [0.1, 0.15) is 0 Å². The first-order chi connectivity index (χ1) is 7.62. The van der Waals surface area contributed by atoms with E-state index < -0.39 is 0 Å². The molecule has 1 aliphatic rings. The predicted molar refractivity (Wildman–Crippen MR) is 62.7 cm³/mol. The molecule has 0 aromatic carbocycles. The van der Waals surface area contributed by atoms with Gasteiger partial charge in [-0.15, -0.1) is 0 Å². The summed E-state index contributed by atoms with van der Waals surface area (Å²) in [4.78, 5) is 15.9. The lowest BCUT2D eigenvalue weighted by atomic mass is 10.1. The molecule has 1 saturated heterocycles. The molecule has 90 valence electrons. The highest BCUT2D eigenvalue weighted by Gasteiger charge is 2.32. The van der Waals surface area contributed by atoms with Crippen LogP contribution < -0.4 is 0 Å². The third-order valence-corrected chi connectivity index (χ3v) is 3.29. The van der Waals surface area contributed by atoms with E-state index in [1.54, 1.807) is 0 Å². The highest BCUT2D eigenvalue weighted by atomic mass is 16.2. The molecule has 0 spiro atoms. The second-order valence-corrected chi connectivity index (χ2v) is 4.41. The van der Waals surface area contributed by atoms with E-state index >= 15 is 0 Å². The highest BCUT2D eigenvalue weighted by molar-refractivity contribution is 5.79. The molecule has 4 nitrogen and oxygen atoms in total. The Labute approximate surface area is 97.8 Å². The van der Waals surface area contributed by atoms with Crippen LogP contribution in [0.25, 0.3) is 0 Å². The lowest BCUT2D eigenvalue weighted by molar-refractivity contribution is -0.129. The monoisotopic (exact) mass is 223 g/mol. The molecule has 2 unspecified atom stereocenters. The number of hydrogen-bond donors (Lipinski definition) is 0. The molecule has 0 bridgehead atoms. The number of nitriles is 1. The number of likely N-dealkylation sites (N-methyl/N-ethyl adjacent to an activating group) is 1. The third-order valence-electron chi connectivity index (χ3n) is 3.29. The molecule has 0 aromatic heterocycles. The average molecular weight is 223 g/mol. The molecule has 0 N–H and O–H groups in total. The van der Waals surface area contributed by atoms with Crippen LogP contribution in [0.15, 0.2) is 0 Å². The second kappa shape index (κ2) is 5.86. The van der Waals surface area contributed by atoms with Gasteiger partial charge in [-0.3, -0.25) is 4.79 Å². The van der Waals surface area contributed by atoms with E-state index in [-0.39, 0.29) is 17.9 Å². The van der Waals surface area contributed by atoms with Crippen molar-refractivity contribution in [3.05, 3.63) is 0 Å². The number of likely N-dealkylation sites (tertiary alicyclic amines) is 1. The molecule has 0 aliphatic carbocycles. The second-order valence-electron chi connectivity index (χ2n) is 4.41. The molecular weight excluding hydrogens is 202 g/mol. The Balaban J connectivity index is 2.51. The maximum atomic E-state index is 11.7. The largest absolute Gasteiger partial charge is 0.337 e. The standard InChI is InChI=1S/C12H21N3O/c1-4-14(5-2)8-10(3)15-9-11(7-13)6-12(15)16/h10-11H,4-6,8-9H2,1-3H3. The minimum absolute atomic E-state index is 0.105. The van der Waals surface area contributed by atoms with E-state index in [2.05, 4.69) is 31.7 Å². The molecule has 0 saturated carbocycles. The SMILES string of the molecule is CCN(CC)CC(C)N1CC(C#N)CC1=O. The fourth-order valence-corrected chi connectivity index (χ4v) is 2.20. The van der Waals surface area contributed by atoms with E-state index in [0.717, 1.165) is 19.6 Å². The maximum absolute atomic E-state index is 11.7. The molecule has 16 heavy (non-hydrogen) atoms. The van der Waals surface area contributed by atoms with Crippen molar-refractivity contribution in [1.29, 1.82) is 5.26 Å². The van der Waals surface area contributed by atoms with Crippen molar-refractivity contribution in [3.8, 4) is 6.07 Å². The summed E-state index contributed by atoms with van der Waals surface area (Å²) in [6.45, 7) is 9.83. The topological polar surface area (TPSA) is 47.3 Å². The van der Waals surface area contributed by atoms with Crippen molar-refractivity contribution in [1.82, 2.24) is 9.80 Å². The Morgan fingerprint density at radius 2 is 2.19 bits per heavy atom. The molecule has 1 heterocycles. The number of hydrogen-bond acceptors (Lipinski definition) is 3. The van der Waals surface area contributed by atoms with Crippen LogP contribution in [0.4, 0.5) is 0 Å². The Hall–Kier alpha value is -1.08. The highest BCUT2D eigenvalue weighted by Crippen LogP contribution is 2.19. The fraction of sp³-hybridized carbons (Fsp3) is 0.833. The Morgan fingerprint density at radius 3 is 2.62 bits per heavy atom. The smallest absolute Gasteiger partial charge is 0.224 e. The molecule has 1 fully saturated rings. The Kier molecular flexibility index (Phi) is 4.75. The van der Waals surface area contributed by atoms with Crippen LogP contribution in [0.3, 0.4) is 0 Å². The first-order valence-corrected chi connectivity index (χ1v) is 6.03. The number of carbonyl (C=O) groups is 1. The van der Waals surface area contributed by atoms with Gasteiger partial charge in [-0.1, -0.05) is 13.8 Å². The Bertz CT molecular complexity index is 280. The van der Waals surface area contributed by atoms with E-state index in [1.807, 2.05) is 4.90 Å². The van der Waals surface area contributed by atoms with Crippen LogP contribution in [0, 0.1) is 17.2 Å². The minimum atomic E-state index is -0.105. The molecule has 4 heteroatoms. The number of amides is 1. The maximum Gasteiger partial charge on any atom is 0.224 e. The molecule has 1 amide bonds.